The molecule has 0 aliphatic rings. The van der Waals surface area contributed by atoms with Crippen LogP contribution in [0.25, 0.3) is 0 Å². The van der Waals surface area contributed by atoms with Crippen LogP contribution in [0.15, 0.2) is 83.8 Å². The van der Waals surface area contributed by atoms with Crippen LogP contribution in [0.5, 0.6) is 0 Å². The van der Waals surface area contributed by atoms with Gasteiger partial charge in [-0.05, 0) is 23.8 Å². The van der Waals surface area contributed by atoms with Crippen molar-refractivity contribution >= 4 is 34.8 Å². The molecule has 1 atom stereocenters. The van der Waals surface area contributed by atoms with Gasteiger partial charge in [-0.1, -0.05) is 72.3 Å². The Kier molecular flexibility index (Phi) is 5.79. The molecule has 0 radical (unpaired) electrons. The first kappa shape index (κ1) is 17.6. The van der Waals surface area contributed by atoms with E-state index in [9.17, 15) is 4.79 Å². The Hall–Kier alpha value is -2.23. The van der Waals surface area contributed by atoms with Crippen LogP contribution in [-0.2, 0) is 0 Å². The smallest absolute Gasteiger partial charge is 0.164 e. The molecule has 0 fully saturated rings. The van der Waals surface area contributed by atoms with Crippen molar-refractivity contribution < 1.29 is 4.79 Å². The molecule has 3 aromatic rings. The maximum absolute atomic E-state index is 12.7. The predicted molar refractivity (Wildman–Crippen MR) is 106 cm³/mol. The predicted octanol–water partition coefficient (Wildman–Crippen LogP) is 6.03. The Morgan fingerprint density at radius 3 is 2.28 bits per heavy atom. The summed E-state index contributed by atoms with van der Waals surface area (Å²) in [6.45, 7) is 0. The monoisotopic (exact) mass is 367 g/mol. The van der Waals surface area contributed by atoms with Gasteiger partial charge in [0.1, 0.15) is 0 Å². The molecule has 1 unspecified atom stereocenters. The molecule has 0 saturated heterocycles. The molecule has 0 heterocycles. The molecule has 2 nitrogen and oxygen atoms in total. The number of carbonyl (C=O) groups is 1. The van der Waals surface area contributed by atoms with E-state index in [1.807, 2.05) is 78.9 Å². The molecule has 0 bridgehead atoms. The van der Waals surface area contributed by atoms with Gasteiger partial charge in [-0.3, -0.25) is 4.79 Å². The Morgan fingerprint density at radius 1 is 0.920 bits per heavy atom. The lowest BCUT2D eigenvalue weighted by atomic mass is 10.0. The number of rotatable bonds is 6. The highest BCUT2D eigenvalue weighted by Crippen LogP contribution is 2.43. The van der Waals surface area contributed by atoms with Gasteiger partial charge in [-0.15, -0.1) is 11.8 Å². The number of anilines is 1. The molecule has 4 heteroatoms. The normalized spacial score (nSPS) is 11.9. The van der Waals surface area contributed by atoms with Gasteiger partial charge in [-0.25, -0.2) is 0 Å². The molecule has 0 aliphatic carbocycles. The molecule has 0 saturated carbocycles. The largest absolute Gasteiger partial charge is 0.398 e. The fourth-order valence-corrected chi connectivity index (χ4v) is 4.17. The summed E-state index contributed by atoms with van der Waals surface area (Å²) >= 11 is 7.97. The second-order valence-corrected chi connectivity index (χ2v) is 7.31. The summed E-state index contributed by atoms with van der Waals surface area (Å²) in [5.74, 6) is 0.0903. The summed E-state index contributed by atoms with van der Waals surface area (Å²) in [5, 5.41) is 0.557. The SMILES string of the molecule is Nc1ccccc1SC(CC(=O)c1ccccc1)c1ccccc1Cl. The zero-order valence-electron chi connectivity index (χ0n) is 13.6. The fraction of sp³-hybridized carbons (Fsp3) is 0.0952. The lowest BCUT2D eigenvalue weighted by Gasteiger charge is -2.19. The van der Waals surface area contributed by atoms with Crippen molar-refractivity contribution in [3.63, 3.8) is 0 Å². The summed E-state index contributed by atoms with van der Waals surface area (Å²) < 4.78 is 0. The van der Waals surface area contributed by atoms with E-state index >= 15 is 0 Å². The molecule has 0 aromatic heterocycles. The third-order valence-corrected chi connectivity index (χ3v) is 5.58. The molecule has 0 spiro atoms. The first-order valence-corrected chi connectivity index (χ1v) is 9.25. The minimum atomic E-state index is -0.105. The number of para-hydroxylation sites is 1. The lowest BCUT2D eigenvalue weighted by molar-refractivity contribution is 0.0982. The Labute approximate surface area is 157 Å². The van der Waals surface area contributed by atoms with E-state index in [-0.39, 0.29) is 11.0 Å². The highest BCUT2D eigenvalue weighted by atomic mass is 35.5. The second kappa shape index (κ2) is 8.24. The van der Waals surface area contributed by atoms with Gasteiger partial charge in [0.25, 0.3) is 0 Å². The second-order valence-electron chi connectivity index (χ2n) is 5.66. The topological polar surface area (TPSA) is 43.1 Å². The summed E-state index contributed by atoms with van der Waals surface area (Å²) in [6.07, 6.45) is 0.354. The van der Waals surface area contributed by atoms with Crippen molar-refractivity contribution in [1.29, 1.82) is 0 Å². The number of benzene rings is 3. The minimum Gasteiger partial charge on any atom is -0.398 e. The summed E-state index contributed by atoms with van der Waals surface area (Å²) in [4.78, 5) is 13.7. The number of nitrogen functional groups attached to an aromatic ring is 1. The highest BCUT2D eigenvalue weighted by Gasteiger charge is 2.21. The van der Waals surface area contributed by atoms with Gasteiger partial charge < -0.3 is 5.73 Å². The number of carbonyl (C=O) groups excluding carboxylic acids is 1. The van der Waals surface area contributed by atoms with E-state index in [1.165, 1.54) is 0 Å². The third-order valence-electron chi connectivity index (χ3n) is 3.91. The van der Waals surface area contributed by atoms with Gasteiger partial charge in [0, 0.05) is 32.8 Å². The molecule has 3 rings (SSSR count). The Bertz CT molecular complexity index is 867. The number of halogens is 1. The van der Waals surface area contributed by atoms with Crippen LogP contribution in [0.4, 0.5) is 5.69 Å². The van der Waals surface area contributed by atoms with E-state index in [2.05, 4.69) is 0 Å². The van der Waals surface area contributed by atoms with Crippen LogP contribution >= 0.6 is 23.4 Å². The molecular formula is C21H18ClNOS. The van der Waals surface area contributed by atoms with Gasteiger partial charge in [0.2, 0.25) is 0 Å². The number of nitrogens with two attached hydrogens (primary N) is 1. The molecular weight excluding hydrogens is 350 g/mol. The van der Waals surface area contributed by atoms with Crippen LogP contribution in [-0.4, -0.2) is 5.78 Å². The van der Waals surface area contributed by atoms with E-state index in [0.29, 0.717) is 22.7 Å². The zero-order valence-corrected chi connectivity index (χ0v) is 15.1. The quantitative estimate of drug-likeness (QED) is 0.328. The van der Waals surface area contributed by atoms with E-state index in [1.54, 1.807) is 11.8 Å². The maximum Gasteiger partial charge on any atom is 0.164 e. The van der Waals surface area contributed by atoms with Crippen LogP contribution in [0.2, 0.25) is 5.02 Å². The van der Waals surface area contributed by atoms with E-state index < -0.39 is 0 Å². The summed E-state index contributed by atoms with van der Waals surface area (Å²) in [7, 11) is 0. The molecule has 0 aliphatic heterocycles. The molecule has 2 N–H and O–H groups in total. The van der Waals surface area contributed by atoms with Crippen molar-refractivity contribution in [1.82, 2.24) is 0 Å². The van der Waals surface area contributed by atoms with Gasteiger partial charge in [0.15, 0.2) is 5.78 Å². The first-order chi connectivity index (χ1) is 12.1. The van der Waals surface area contributed by atoms with Crippen LogP contribution < -0.4 is 5.73 Å². The maximum atomic E-state index is 12.7. The third kappa shape index (κ3) is 4.44. The number of hydrogen-bond donors (Lipinski definition) is 1. The Morgan fingerprint density at radius 2 is 1.56 bits per heavy atom. The first-order valence-electron chi connectivity index (χ1n) is 7.99. The van der Waals surface area contributed by atoms with Crippen LogP contribution in [0, 0.1) is 0 Å². The summed E-state index contributed by atoms with van der Waals surface area (Å²) in [5.41, 5.74) is 8.45. The molecule has 126 valence electrons. The molecule has 0 amide bonds. The average Bonchev–Trinajstić information content (AvgIpc) is 2.64. The standard InChI is InChI=1S/C21H18ClNOS/c22-17-11-5-4-10-16(17)21(25-20-13-7-6-12-18(20)23)14-19(24)15-8-2-1-3-9-15/h1-13,21H,14,23H2. The average molecular weight is 368 g/mol. The van der Waals surface area contributed by atoms with Crippen molar-refractivity contribution in [2.24, 2.45) is 0 Å². The molecule has 3 aromatic carbocycles. The van der Waals surface area contributed by atoms with E-state index in [4.69, 9.17) is 17.3 Å². The lowest BCUT2D eigenvalue weighted by Crippen LogP contribution is -2.06. The van der Waals surface area contributed by atoms with Gasteiger partial charge in [0.05, 0.1) is 0 Å². The fourth-order valence-electron chi connectivity index (χ4n) is 2.60. The van der Waals surface area contributed by atoms with Crippen molar-refractivity contribution in [3.8, 4) is 0 Å². The van der Waals surface area contributed by atoms with Gasteiger partial charge >= 0.3 is 0 Å². The zero-order chi connectivity index (χ0) is 17.6. The minimum absolute atomic E-state index is 0.0903. The van der Waals surface area contributed by atoms with Gasteiger partial charge in [-0.2, -0.15) is 0 Å². The van der Waals surface area contributed by atoms with E-state index in [0.717, 1.165) is 10.5 Å². The van der Waals surface area contributed by atoms with Crippen LogP contribution in [0.1, 0.15) is 27.6 Å². The highest BCUT2D eigenvalue weighted by molar-refractivity contribution is 7.99. The summed E-state index contributed by atoms with van der Waals surface area (Å²) in [6, 6.07) is 24.7. The van der Waals surface area contributed by atoms with Crippen molar-refractivity contribution in [2.45, 2.75) is 16.6 Å². The number of ketones is 1. The molecule has 25 heavy (non-hydrogen) atoms. The van der Waals surface area contributed by atoms with Crippen LogP contribution in [0.3, 0.4) is 0 Å². The van der Waals surface area contributed by atoms with Crippen molar-refractivity contribution in [2.75, 3.05) is 5.73 Å². The number of Topliss-reactive ketones (excluding diaryl/α,β-unsaturated/α-hetero) is 1. The Balaban J connectivity index is 1.91. The number of thioether (sulfide) groups is 1. The van der Waals surface area contributed by atoms with Crippen molar-refractivity contribution in [3.05, 3.63) is 95.0 Å². The number of hydrogen-bond acceptors (Lipinski definition) is 3.